The molecule has 3 rings (SSSR count). The SMILES string of the molecule is CN=C(NCCOc1c(Cl)cc(Cl)cc1Cl)NCCc1nnc2ccccn12. The maximum absolute atomic E-state index is 6.10. The van der Waals surface area contributed by atoms with E-state index >= 15 is 0 Å². The third kappa shape index (κ3) is 5.19. The molecule has 0 saturated heterocycles. The average Bonchev–Trinajstić information content (AvgIpc) is 3.08. The molecule has 2 heterocycles. The van der Waals surface area contributed by atoms with Gasteiger partial charge in [-0.25, -0.2) is 0 Å². The molecule has 0 amide bonds. The maximum atomic E-state index is 6.10. The number of aromatic nitrogens is 3. The minimum atomic E-state index is 0.358. The van der Waals surface area contributed by atoms with Crippen molar-refractivity contribution in [3.8, 4) is 5.75 Å². The van der Waals surface area contributed by atoms with Crippen molar-refractivity contribution in [2.75, 3.05) is 26.7 Å². The summed E-state index contributed by atoms with van der Waals surface area (Å²) in [5, 5.41) is 16.0. The summed E-state index contributed by atoms with van der Waals surface area (Å²) in [4.78, 5) is 4.19. The highest BCUT2D eigenvalue weighted by Crippen LogP contribution is 2.35. The zero-order valence-corrected chi connectivity index (χ0v) is 17.4. The van der Waals surface area contributed by atoms with E-state index in [-0.39, 0.29) is 0 Å². The molecular weight excluding hydrogens is 423 g/mol. The summed E-state index contributed by atoms with van der Waals surface area (Å²) in [7, 11) is 1.70. The summed E-state index contributed by atoms with van der Waals surface area (Å²) in [6, 6.07) is 8.99. The molecule has 10 heteroatoms. The molecule has 2 aromatic heterocycles. The Morgan fingerprint density at radius 2 is 1.86 bits per heavy atom. The molecule has 1 aromatic carbocycles. The summed E-state index contributed by atoms with van der Waals surface area (Å²) < 4.78 is 7.60. The summed E-state index contributed by atoms with van der Waals surface area (Å²) >= 11 is 18.1. The van der Waals surface area contributed by atoms with E-state index in [0.717, 1.165) is 11.5 Å². The number of pyridine rings is 1. The Morgan fingerprint density at radius 3 is 2.61 bits per heavy atom. The van der Waals surface area contributed by atoms with E-state index in [9.17, 15) is 0 Å². The molecule has 28 heavy (non-hydrogen) atoms. The van der Waals surface area contributed by atoms with Crippen LogP contribution in [0.5, 0.6) is 5.75 Å². The highest BCUT2D eigenvalue weighted by molar-refractivity contribution is 6.40. The molecule has 2 N–H and O–H groups in total. The quantitative estimate of drug-likeness (QED) is 0.333. The molecule has 0 spiro atoms. The Hall–Kier alpha value is -2.22. The van der Waals surface area contributed by atoms with Crippen molar-refractivity contribution >= 4 is 46.4 Å². The number of guanidine groups is 1. The Kier molecular flexibility index (Phi) is 7.19. The molecule has 0 fully saturated rings. The van der Waals surface area contributed by atoms with Gasteiger partial charge in [-0.2, -0.15) is 0 Å². The van der Waals surface area contributed by atoms with Crippen LogP contribution >= 0.6 is 34.8 Å². The van der Waals surface area contributed by atoms with E-state index in [1.807, 2.05) is 28.8 Å². The first-order valence-corrected chi connectivity index (χ1v) is 9.72. The number of ether oxygens (including phenoxy) is 1. The molecule has 0 saturated carbocycles. The number of rotatable bonds is 7. The van der Waals surface area contributed by atoms with Gasteiger partial charge in [0.2, 0.25) is 0 Å². The van der Waals surface area contributed by atoms with Gasteiger partial charge in [0.1, 0.15) is 12.4 Å². The number of fused-ring (bicyclic) bond motifs is 1. The number of halogens is 3. The lowest BCUT2D eigenvalue weighted by atomic mass is 10.3. The molecule has 148 valence electrons. The maximum Gasteiger partial charge on any atom is 0.191 e. The van der Waals surface area contributed by atoms with Gasteiger partial charge in [0.05, 0.1) is 16.6 Å². The zero-order valence-electron chi connectivity index (χ0n) is 15.1. The number of benzene rings is 1. The summed E-state index contributed by atoms with van der Waals surface area (Å²) in [6.07, 6.45) is 2.65. The van der Waals surface area contributed by atoms with Crippen molar-refractivity contribution in [2.24, 2.45) is 4.99 Å². The topological polar surface area (TPSA) is 75.8 Å². The number of hydrogen-bond acceptors (Lipinski definition) is 4. The highest BCUT2D eigenvalue weighted by Gasteiger charge is 2.09. The molecule has 0 aliphatic heterocycles. The molecule has 0 bridgehead atoms. The van der Waals surface area contributed by atoms with E-state index in [1.165, 1.54) is 0 Å². The number of aliphatic imine (C=N–C) groups is 1. The molecular formula is C18H19Cl3N6O. The fourth-order valence-electron chi connectivity index (χ4n) is 2.56. The van der Waals surface area contributed by atoms with Gasteiger partial charge in [-0.3, -0.25) is 9.39 Å². The number of nitrogens with one attached hydrogen (secondary N) is 2. The molecule has 0 unspecified atom stereocenters. The minimum absolute atomic E-state index is 0.358. The van der Waals surface area contributed by atoms with Crippen molar-refractivity contribution in [3.05, 3.63) is 57.4 Å². The van der Waals surface area contributed by atoms with Gasteiger partial charge < -0.3 is 15.4 Å². The standard InChI is InChI=1S/C18H19Cl3N6O/c1-22-18(23-6-5-16-26-25-15-4-2-3-8-27(15)16)24-7-9-28-17-13(20)10-12(19)11-14(17)21/h2-4,8,10-11H,5-7,9H2,1H3,(H2,22,23,24). The first-order valence-electron chi connectivity index (χ1n) is 8.59. The monoisotopic (exact) mass is 440 g/mol. The second-order valence-electron chi connectivity index (χ2n) is 5.77. The van der Waals surface area contributed by atoms with E-state index in [4.69, 9.17) is 39.5 Å². The lowest BCUT2D eigenvalue weighted by Gasteiger charge is -2.13. The van der Waals surface area contributed by atoms with Gasteiger partial charge in [0.25, 0.3) is 0 Å². The van der Waals surface area contributed by atoms with Gasteiger partial charge in [-0.15, -0.1) is 10.2 Å². The van der Waals surface area contributed by atoms with Crippen molar-refractivity contribution in [1.29, 1.82) is 0 Å². The van der Waals surface area contributed by atoms with Crippen LogP contribution in [0.2, 0.25) is 15.1 Å². The van der Waals surface area contributed by atoms with Crippen molar-refractivity contribution in [1.82, 2.24) is 25.2 Å². The van der Waals surface area contributed by atoms with Gasteiger partial charge in [0, 0.05) is 31.2 Å². The molecule has 7 nitrogen and oxygen atoms in total. The van der Waals surface area contributed by atoms with Crippen LogP contribution in [0.3, 0.4) is 0 Å². The van der Waals surface area contributed by atoms with E-state index in [0.29, 0.717) is 52.9 Å². The fourth-order valence-corrected chi connectivity index (χ4v) is 3.49. The van der Waals surface area contributed by atoms with Crippen molar-refractivity contribution < 1.29 is 4.74 Å². The predicted octanol–water partition coefficient (Wildman–Crippen LogP) is 3.48. The Labute approximate surface area is 177 Å². The Balaban J connectivity index is 1.43. The van der Waals surface area contributed by atoms with Crippen LogP contribution in [0.25, 0.3) is 5.65 Å². The van der Waals surface area contributed by atoms with E-state index in [2.05, 4.69) is 25.8 Å². The lowest BCUT2D eigenvalue weighted by Crippen LogP contribution is -2.40. The normalized spacial score (nSPS) is 11.6. The zero-order chi connectivity index (χ0) is 19.9. The third-order valence-corrected chi connectivity index (χ3v) is 4.63. The first-order chi connectivity index (χ1) is 13.6. The largest absolute Gasteiger partial charge is 0.489 e. The third-order valence-electron chi connectivity index (χ3n) is 3.85. The van der Waals surface area contributed by atoms with Crippen LogP contribution < -0.4 is 15.4 Å². The predicted molar refractivity (Wildman–Crippen MR) is 113 cm³/mol. The van der Waals surface area contributed by atoms with Gasteiger partial charge in [-0.1, -0.05) is 40.9 Å². The van der Waals surface area contributed by atoms with Gasteiger partial charge >= 0.3 is 0 Å². The number of hydrogen-bond donors (Lipinski definition) is 2. The highest BCUT2D eigenvalue weighted by atomic mass is 35.5. The van der Waals surface area contributed by atoms with Crippen LogP contribution in [0.4, 0.5) is 0 Å². The number of nitrogens with zero attached hydrogens (tertiary/aromatic N) is 4. The van der Waals surface area contributed by atoms with E-state index in [1.54, 1.807) is 19.2 Å². The molecule has 0 atom stereocenters. The average molecular weight is 442 g/mol. The smallest absolute Gasteiger partial charge is 0.191 e. The second kappa shape index (κ2) is 9.82. The van der Waals surface area contributed by atoms with E-state index < -0.39 is 0 Å². The fraction of sp³-hybridized carbons (Fsp3) is 0.278. The van der Waals surface area contributed by atoms with Crippen LogP contribution in [-0.2, 0) is 6.42 Å². The Bertz CT molecular complexity index is 952. The van der Waals surface area contributed by atoms with Crippen LogP contribution in [0, 0.1) is 0 Å². The lowest BCUT2D eigenvalue weighted by molar-refractivity contribution is 0.322. The second-order valence-corrected chi connectivity index (χ2v) is 7.02. The summed E-state index contributed by atoms with van der Waals surface area (Å²) in [6.45, 7) is 1.53. The molecule has 3 aromatic rings. The molecule has 0 radical (unpaired) electrons. The Morgan fingerprint density at radius 1 is 1.11 bits per heavy atom. The van der Waals surface area contributed by atoms with Crippen LogP contribution in [-0.4, -0.2) is 47.3 Å². The van der Waals surface area contributed by atoms with Crippen molar-refractivity contribution in [3.63, 3.8) is 0 Å². The molecule has 0 aliphatic carbocycles. The van der Waals surface area contributed by atoms with Gasteiger partial charge in [0.15, 0.2) is 17.4 Å². The summed E-state index contributed by atoms with van der Waals surface area (Å²) in [5.41, 5.74) is 0.830. The minimum Gasteiger partial charge on any atom is -0.489 e. The van der Waals surface area contributed by atoms with Gasteiger partial charge in [-0.05, 0) is 24.3 Å². The van der Waals surface area contributed by atoms with Crippen molar-refractivity contribution in [2.45, 2.75) is 6.42 Å². The van der Waals surface area contributed by atoms with Crippen LogP contribution in [0.1, 0.15) is 5.82 Å². The van der Waals surface area contributed by atoms with Crippen LogP contribution in [0.15, 0.2) is 41.5 Å². The first kappa shape index (κ1) is 20.5. The summed E-state index contributed by atoms with van der Waals surface area (Å²) in [5.74, 6) is 1.95. The molecule has 0 aliphatic rings.